The minimum atomic E-state index is -0.291. The third kappa shape index (κ3) is 3.80. The molecule has 0 atom stereocenters. The monoisotopic (exact) mass is 390 g/mol. The normalized spacial score (nSPS) is 10.9. The maximum atomic E-state index is 13.3. The lowest BCUT2D eigenvalue weighted by atomic mass is 10.0. The van der Waals surface area contributed by atoms with E-state index in [2.05, 4.69) is 15.3 Å². The van der Waals surface area contributed by atoms with Crippen molar-refractivity contribution >= 4 is 16.7 Å². The molecular formula is C22H19FN4O2. The number of pyridine rings is 1. The van der Waals surface area contributed by atoms with Crippen LogP contribution >= 0.6 is 0 Å². The van der Waals surface area contributed by atoms with Crippen LogP contribution in [0.25, 0.3) is 22.0 Å². The molecule has 0 saturated heterocycles. The Morgan fingerprint density at radius 1 is 1.07 bits per heavy atom. The highest BCUT2D eigenvalue weighted by Gasteiger charge is 2.12. The van der Waals surface area contributed by atoms with E-state index in [-0.39, 0.29) is 11.4 Å². The maximum absolute atomic E-state index is 13.3. The molecule has 6 nitrogen and oxygen atoms in total. The van der Waals surface area contributed by atoms with E-state index in [1.54, 1.807) is 38.6 Å². The second-order valence-corrected chi connectivity index (χ2v) is 6.64. The van der Waals surface area contributed by atoms with Gasteiger partial charge in [0.1, 0.15) is 29.2 Å². The number of nitrogens with zero attached hydrogens (tertiary/aromatic N) is 3. The summed E-state index contributed by atoms with van der Waals surface area (Å²) in [6.07, 6.45) is 3.20. The lowest BCUT2D eigenvalue weighted by Gasteiger charge is -2.13. The molecule has 0 spiro atoms. The van der Waals surface area contributed by atoms with Gasteiger partial charge in [-0.3, -0.25) is 4.79 Å². The number of halogens is 1. The van der Waals surface area contributed by atoms with E-state index in [0.29, 0.717) is 23.6 Å². The number of hydrogen-bond acceptors (Lipinski definition) is 5. The zero-order valence-electron chi connectivity index (χ0n) is 16.0. The largest absolute Gasteiger partial charge is 0.494 e. The molecule has 0 aliphatic heterocycles. The zero-order chi connectivity index (χ0) is 20.4. The van der Waals surface area contributed by atoms with Crippen molar-refractivity contribution in [1.29, 1.82) is 0 Å². The average Bonchev–Trinajstić information content (AvgIpc) is 2.74. The van der Waals surface area contributed by atoms with Crippen LogP contribution in [0, 0.1) is 5.82 Å². The van der Waals surface area contributed by atoms with Crippen LogP contribution in [0.2, 0.25) is 0 Å². The van der Waals surface area contributed by atoms with Crippen molar-refractivity contribution in [3.05, 3.63) is 82.8 Å². The van der Waals surface area contributed by atoms with E-state index in [1.807, 2.05) is 18.2 Å². The number of aromatic nitrogens is 3. The van der Waals surface area contributed by atoms with E-state index in [4.69, 9.17) is 4.74 Å². The van der Waals surface area contributed by atoms with E-state index < -0.39 is 0 Å². The van der Waals surface area contributed by atoms with Crippen LogP contribution < -0.4 is 15.6 Å². The van der Waals surface area contributed by atoms with Gasteiger partial charge in [0.05, 0.1) is 7.11 Å². The Hall–Kier alpha value is -3.74. The number of hydrogen-bond donors (Lipinski definition) is 1. The van der Waals surface area contributed by atoms with Gasteiger partial charge < -0.3 is 14.6 Å². The van der Waals surface area contributed by atoms with Crippen LogP contribution in [0.15, 0.2) is 65.8 Å². The maximum Gasteiger partial charge on any atom is 0.250 e. The number of fused-ring (bicyclic) bond motifs is 1. The van der Waals surface area contributed by atoms with Gasteiger partial charge in [0, 0.05) is 31.2 Å². The highest BCUT2D eigenvalue weighted by Crippen LogP contribution is 2.34. The molecule has 0 bridgehead atoms. The molecule has 4 aromatic rings. The van der Waals surface area contributed by atoms with Gasteiger partial charge in [-0.25, -0.2) is 14.4 Å². The summed E-state index contributed by atoms with van der Waals surface area (Å²) < 4.78 is 20.3. The highest BCUT2D eigenvalue weighted by molar-refractivity contribution is 5.96. The summed E-state index contributed by atoms with van der Waals surface area (Å²) >= 11 is 0. The SMILES string of the molecule is COc1cc(-c2ccc(F)cc2)cc2c(NCc3ccn(C)c(=O)c3)ncnc12. The fourth-order valence-electron chi connectivity index (χ4n) is 3.13. The molecule has 146 valence electrons. The molecule has 1 N–H and O–H groups in total. The molecule has 4 rings (SSSR count). The molecular weight excluding hydrogens is 371 g/mol. The molecule has 0 fully saturated rings. The van der Waals surface area contributed by atoms with Crippen molar-refractivity contribution in [2.45, 2.75) is 6.54 Å². The van der Waals surface area contributed by atoms with E-state index in [0.717, 1.165) is 22.1 Å². The lowest BCUT2D eigenvalue weighted by molar-refractivity contribution is 0.419. The van der Waals surface area contributed by atoms with Gasteiger partial charge >= 0.3 is 0 Å². The first-order chi connectivity index (χ1) is 14.0. The highest BCUT2D eigenvalue weighted by atomic mass is 19.1. The molecule has 29 heavy (non-hydrogen) atoms. The van der Waals surface area contributed by atoms with Crippen molar-refractivity contribution in [3.63, 3.8) is 0 Å². The Kier molecular flexibility index (Phi) is 4.95. The molecule has 2 aromatic carbocycles. The van der Waals surface area contributed by atoms with Crippen molar-refractivity contribution in [2.24, 2.45) is 7.05 Å². The van der Waals surface area contributed by atoms with Gasteiger partial charge in [0.2, 0.25) is 0 Å². The van der Waals surface area contributed by atoms with Crippen LogP contribution in [0.4, 0.5) is 10.2 Å². The fraction of sp³-hybridized carbons (Fsp3) is 0.136. The number of rotatable bonds is 5. The number of anilines is 1. The summed E-state index contributed by atoms with van der Waals surface area (Å²) in [5, 5.41) is 4.05. The minimum Gasteiger partial charge on any atom is -0.494 e. The molecule has 0 aliphatic carbocycles. The molecule has 0 amide bonds. The van der Waals surface area contributed by atoms with Crippen LogP contribution in [-0.4, -0.2) is 21.6 Å². The second-order valence-electron chi connectivity index (χ2n) is 6.64. The van der Waals surface area contributed by atoms with Crippen molar-refractivity contribution in [1.82, 2.24) is 14.5 Å². The van der Waals surface area contributed by atoms with Crippen molar-refractivity contribution < 1.29 is 9.13 Å². The third-order valence-electron chi connectivity index (χ3n) is 4.73. The first-order valence-electron chi connectivity index (χ1n) is 9.03. The fourth-order valence-corrected chi connectivity index (χ4v) is 3.13. The van der Waals surface area contributed by atoms with E-state index >= 15 is 0 Å². The van der Waals surface area contributed by atoms with Gasteiger partial charge in [-0.1, -0.05) is 12.1 Å². The second kappa shape index (κ2) is 7.71. The van der Waals surface area contributed by atoms with Gasteiger partial charge in [-0.2, -0.15) is 0 Å². The molecule has 0 unspecified atom stereocenters. The predicted molar refractivity (Wildman–Crippen MR) is 110 cm³/mol. The number of nitrogens with one attached hydrogen (secondary N) is 1. The molecule has 0 aliphatic rings. The Bertz CT molecular complexity index is 1240. The van der Waals surface area contributed by atoms with Crippen LogP contribution in [-0.2, 0) is 13.6 Å². The van der Waals surface area contributed by atoms with E-state index in [1.165, 1.54) is 23.0 Å². The lowest BCUT2D eigenvalue weighted by Crippen LogP contribution is -2.16. The summed E-state index contributed by atoms with van der Waals surface area (Å²) in [5.41, 5.74) is 3.16. The molecule has 7 heteroatoms. The van der Waals surface area contributed by atoms with Crippen LogP contribution in [0.5, 0.6) is 5.75 Å². The van der Waals surface area contributed by atoms with Crippen LogP contribution in [0.3, 0.4) is 0 Å². The Balaban J connectivity index is 1.75. The minimum absolute atomic E-state index is 0.0721. The van der Waals surface area contributed by atoms with Crippen molar-refractivity contribution in [2.75, 3.05) is 12.4 Å². The smallest absolute Gasteiger partial charge is 0.250 e. The predicted octanol–water partition coefficient (Wildman–Crippen LogP) is 3.76. The number of aryl methyl sites for hydroxylation is 1. The van der Waals surface area contributed by atoms with Gasteiger partial charge in [0.25, 0.3) is 5.56 Å². The summed E-state index contributed by atoms with van der Waals surface area (Å²) in [5.74, 6) is 0.931. The molecule has 0 radical (unpaired) electrons. The standard InChI is InChI=1S/C22H19FN4O2/c1-27-8-7-14(9-20(27)28)12-24-22-18-10-16(15-3-5-17(23)6-4-15)11-19(29-2)21(18)25-13-26-22/h3-11,13H,12H2,1-2H3,(H,24,25,26). The Morgan fingerprint density at radius 3 is 2.59 bits per heavy atom. The molecule has 0 saturated carbocycles. The first-order valence-corrected chi connectivity index (χ1v) is 9.03. The summed E-state index contributed by atoms with van der Waals surface area (Å²) in [6.45, 7) is 0.436. The number of benzene rings is 2. The van der Waals surface area contributed by atoms with Gasteiger partial charge in [-0.05, 0) is 47.0 Å². The van der Waals surface area contributed by atoms with E-state index in [9.17, 15) is 9.18 Å². The molecule has 2 aromatic heterocycles. The van der Waals surface area contributed by atoms with Gasteiger partial charge in [0.15, 0.2) is 0 Å². The quantitative estimate of drug-likeness (QED) is 0.562. The Labute approximate surface area is 166 Å². The van der Waals surface area contributed by atoms with Gasteiger partial charge in [-0.15, -0.1) is 0 Å². The number of ether oxygens (including phenoxy) is 1. The Morgan fingerprint density at radius 2 is 1.86 bits per heavy atom. The summed E-state index contributed by atoms with van der Waals surface area (Å²) in [4.78, 5) is 20.6. The average molecular weight is 390 g/mol. The third-order valence-corrected chi connectivity index (χ3v) is 4.73. The number of methoxy groups -OCH3 is 1. The summed E-state index contributed by atoms with van der Waals surface area (Å²) in [7, 11) is 3.29. The molecule has 2 heterocycles. The topological polar surface area (TPSA) is 69.0 Å². The van der Waals surface area contributed by atoms with Crippen LogP contribution in [0.1, 0.15) is 5.56 Å². The summed E-state index contributed by atoms with van der Waals surface area (Å²) in [6, 6.07) is 13.5. The van der Waals surface area contributed by atoms with Crippen molar-refractivity contribution in [3.8, 4) is 16.9 Å². The zero-order valence-corrected chi connectivity index (χ0v) is 16.0. The first kappa shape index (κ1) is 18.6.